The van der Waals surface area contributed by atoms with Gasteiger partial charge in [0.25, 0.3) is 5.56 Å². The van der Waals surface area contributed by atoms with E-state index in [9.17, 15) is 14.7 Å². The summed E-state index contributed by atoms with van der Waals surface area (Å²) in [6.07, 6.45) is -1.15. The predicted octanol–water partition coefficient (Wildman–Crippen LogP) is 3.21. The molecule has 1 aromatic heterocycles. The van der Waals surface area contributed by atoms with Crippen LogP contribution in [0.2, 0.25) is 0 Å². The van der Waals surface area contributed by atoms with Crippen LogP contribution in [0.3, 0.4) is 0 Å². The fourth-order valence-electron chi connectivity index (χ4n) is 5.31. The Hall–Kier alpha value is -4.66. The quantitative estimate of drug-likeness (QED) is 0.211. The number of aromatic nitrogens is 2. The highest BCUT2D eigenvalue weighted by atomic mass is 16.6. The van der Waals surface area contributed by atoms with Crippen molar-refractivity contribution < 1.29 is 28.8 Å². The molecule has 0 unspecified atom stereocenters. The van der Waals surface area contributed by atoms with Crippen LogP contribution in [0.15, 0.2) is 94.6 Å². The van der Waals surface area contributed by atoms with E-state index in [1.807, 2.05) is 78.9 Å². The second kappa shape index (κ2) is 13.8. The van der Waals surface area contributed by atoms with Gasteiger partial charge in [-0.2, -0.15) is 0 Å². The Kier molecular flexibility index (Phi) is 9.62. The minimum atomic E-state index is -1.11. The molecule has 2 N–H and O–H groups in total. The molecule has 5 rings (SSSR count). The molecular formula is C34H34N2O8. The summed E-state index contributed by atoms with van der Waals surface area (Å²) in [5.41, 5.74) is 0.211. The van der Waals surface area contributed by atoms with Gasteiger partial charge < -0.3 is 28.8 Å². The highest BCUT2D eigenvalue weighted by Crippen LogP contribution is 2.42. The third-order valence-electron chi connectivity index (χ3n) is 7.56. The molecule has 4 aromatic rings. The molecule has 3 atom stereocenters. The van der Waals surface area contributed by atoms with Gasteiger partial charge in [-0.05, 0) is 41.0 Å². The van der Waals surface area contributed by atoms with Crippen LogP contribution < -0.4 is 20.7 Å². The van der Waals surface area contributed by atoms with Crippen LogP contribution in [0.5, 0.6) is 11.5 Å². The van der Waals surface area contributed by atoms with Gasteiger partial charge in [0, 0.05) is 19.7 Å². The summed E-state index contributed by atoms with van der Waals surface area (Å²) >= 11 is 0. The van der Waals surface area contributed by atoms with Crippen molar-refractivity contribution in [3.05, 3.63) is 128 Å². The summed E-state index contributed by atoms with van der Waals surface area (Å²) in [7, 11) is 4.71. The first-order valence-electron chi connectivity index (χ1n) is 14.0. The van der Waals surface area contributed by atoms with Crippen LogP contribution in [0, 0.1) is 11.8 Å². The van der Waals surface area contributed by atoms with Gasteiger partial charge in [0.15, 0.2) is 0 Å². The first kappa shape index (κ1) is 30.8. The summed E-state index contributed by atoms with van der Waals surface area (Å²) < 4.78 is 30.0. The number of aliphatic hydroxyl groups excluding tert-OH is 1. The second-order valence-corrected chi connectivity index (χ2v) is 10.2. The molecule has 3 aromatic carbocycles. The molecule has 2 heterocycles. The van der Waals surface area contributed by atoms with Gasteiger partial charge in [0.1, 0.15) is 41.6 Å². The molecule has 44 heavy (non-hydrogen) atoms. The normalized spacial score (nSPS) is 18.0. The van der Waals surface area contributed by atoms with E-state index in [1.54, 1.807) is 14.2 Å². The topological polar surface area (TPSA) is 121 Å². The largest absolute Gasteiger partial charge is 0.497 e. The molecule has 10 heteroatoms. The average Bonchev–Trinajstić information content (AvgIpc) is 3.43. The highest BCUT2D eigenvalue weighted by molar-refractivity contribution is 5.49. The van der Waals surface area contributed by atoms with Crippen molar-refractivity contribution in [1.82, 2.24) is 9.55 Å². The summed E-state index contributed by atoms with van der Waals surface area (Å²) in [5, 5.41) is 11.1. The van der Waals surface area contributed by atoms with E-state index < -0.39 is 35.3 Å². The van der Waals surface area contributed by atoms with Gasteiger partial charge in [-0.15, -0.1) is 0 Å². The van der Waals surface area contributed by atoms with Crippen molar-refractivity contribution >= 4 is 0 Å². The zero-order chi connectivity index (χ0) is 31.1. The summed E-state index contributed by atoms with van der Waals surface area (Å²) in [6, 6.07) is 25.0. The lowest BCUT2D eigenvalue weighted by Crippen LogP contribution is -2.38. The molecule has 0 bridgehead atoms. The fraction of sp³-hybridized carbons (Fsp3) is 0.294. The van der Waals surface area contributed by atoms with Crippen molar-refractivity contribution in [3.63, 3.8) is 0 Å². The lowest BCUT2D eigenvalue weighted by Gasteiger charge is -2.37. The average molecular weight is 599 g/mol. The molecule has 0 radical (unpaired) electrons. The van der Waals surface area contributed by atoms with E-state index >= 15 is 0 Å². The molecule has 0 amide bonds. The van der Waals surface area contributed by atoms with Crippen LogP contribution >= 0.6 is 0 Å². The number of methoxy groups -OCH3 is 3. The first-order chi connectivity index (χ1) is 21.4. The second-order valence-electron chi connectivity index (χ2n) is 10.2. The third-order valence-corrected chi connectivity index (χ3v) is 7.56. The molecule has 0 saturated carbocycles. The standard InChI is InChI=1S/C34H34N2O8/c1-40-19-7-8-23-21-36(33(39)35-32(23)38)31-20-29(37)30(44-31)22-43-34(24-9-5-4-6-10-24,25-11-15-27(41-2)16-12-25)26-13-17-28(42-3)18-14-26/h4-6,9-18,21,29-31,37H,19-20,22H2,1-3H3,(H,35,38,39)/t29-,30+,31+/m0/s1. The molecule has 1 saturated heterocycles. The molecule has 0 spiro atoms. The molecule has 10 nitrogen and oxygen atoms in total. The molecule has 1 aliphatic heterocycles. The Morgan fingerprint density at radius 1 is 0.909 bits per heavy atom. The Labute approximate surface area is 254 Å². The molecule has 228 valence electrons. The lowest BCUT2D eigenvalue weighted by atomic mass is 9.80. The summed E-state index contributed by atoms with van der Waals surface area (Å²) in [5.74, 6) is 6.81. The number of H-pyrrole nitrogens is 1. The van der Waals surface area contributed by atoms with E-state index in [-0.39, 0.29) is 25.2 Å². The van der Waals surface area contributed by atoms with E-state index in [1.165, 1.54) is 17.9 Å². The van der Waals surface area contributed by atoms with Crippen molar-refractivity contribution in [1.29, 1.82) is 0 Å². The number of hydrogen-bond acceptors (Lipinski definition) is 8. The SMILES string of the molecule is COCC#Cc1cn([C@H]2C[C@H](O)[C@@H](COC(c3ccccc3)(c3ccc(OC)cc3)c3ccc(OC)cc3)O2)c(=O)[nH]c1=O. The highest BCUT2D eigenvalue weighted by Gasteiger charge is 2.42. The van der Waals surface area contributed by atoms with Crippen molar-refractivity contribution in [2.24, 2.45) is 0 Å². The van der Waals surface area contributed by atoms with E-state index in [0.29, 0.717) is 11.5 Å². The van der Waals surface area contributed by atoms with E-state index in [2.05, 4.69) is 16.8 Å². The van der Waals surface area contributed by atoms with Gasteiger partial charge in [-0.1, -0.05) is 66.4 Å². The van der Waals surface area contributed by atoms with Crippen LogP contribution in [0.25, 0.3) is 0 Å². The van der Waals surface area contributed by atoms with Gasteiger partial charge >= 0.3 is 5.69 Å². The third kappa shape index (κ3) is 6.32. The number of hydrogen-bond donors (Lipinski definition) is 2. The number of ether oxygens (including phenoxy) is 5. The Morgan fingerprint density at radius 3 is 2.07 bits per heavy atom. The molecular weight excluding hydrogens is 564 g/mol. The van der Waals surface area contributed by atoms with Crippen molar-refractivity contribution in [2.75, 3.05) is 34.5 Å². The van der Waals surface area contributed by atoms with E-state index in [4.69, 9.17) is 23.7 Å². The summed E-state index contributed by atoms with van der Waals surface area (Å²) in [4.78, 5) is 27.3. The number of nitrogens with zero attached hydrogens (tertiary/aromatic N) is 1. The van der Waals surface area contributed by atoms with E-state index in [0.717, 1.165) is 16.7 Å². The number of rotatable bonds is 10. The maximum Gasteiger partial charge on any atom is 0.330 e. The monoisotopic (exact) mass is 598 g/mol. The number of aliphatic hydroxyl groups is 1. The first-order valence-corrected chi connectivity index (χ1v) is 14.0. The number of aromatic amines is 1. The fourth-order valence-corrected chi connectivity index (χ4v) is 5.31. The lowest BCUT2D eigenvalue weighted by molar-refractivity contribution is -0.0944. The molecule has 1 fully saturated rings. The van der Waals surface area contributed by atoms with Gasteiger partial charge in [0.2, 0.25) is 0 Å². The summed E-state index contributed by atoms with van der Waals surface area (Å²) in [6.45, 7) is 0.103. The minimum Gasteiger partial charge on any atom is -0.497 e. The van der Waals surface area contributed by atoms with Gasteiger partial charge in [-0.25, -0.2) is 4.79 Å². The van der Waals surface area contributed by atoms with Crippen molar-refractivity contribution in [2.45, 2.75) is 30.5 Å². The number of benzene rings is 3. The maximum absolute atomic E-state index is 12.7. The van der Waals surface area contributed by atoms with Gasteiger partial charge in [-0.3, -0.25) is 14.3 Å². The zero-order valence-electron chi connectivity index (χ0n) is 24.7. The van der Waals surface area contributed by atoms with Crippen molar-refractivity contribution in [3.8, 4) is 23.3 Å². The molecule has 1 aliphatic rings. The van der Waals surface area contributed by atoms with Crippen LogP contribution in [0.1, 0.15) is 34.9 Å². The van der Waals surface area contributed by atoms with Crippen LogP contribution in [0.4, 0.5) is 0 Å². The van der Waals surface area contributed by atoms with Gasteiger partial charge in [0.05, 0.1) is 26.9 Å². The zero-order valence-corrected chi connectivity index (χ0v) is 24.7. The Bertz CT molecular complexity index is 1670. The number of nitrogens with one attached hydrogen (secondary N) is 1. The predicted molar refractivity (Wildman–Crippen MR) is 163 cm³/mol. The maximum atomic E-state index is 12.7. The Morgan fingerprint density at radius 2 is 1.50 bits per heavy atom. The van der Waals surface area contributed by atoms with Crippen LogP contribution in [-0.2, 0) is 19.8 Å². The smallest absolute Gasteiger partial charge is 0.330 e. The minimum absolute atomic E-state index is 0.0246. The van der Waals surface area contributed by atoms with Crippen LogP contribution in [-0.4, -0.2) is 61.4 Å². The molecule has 0 aliphatic carbocycles. The Balaban J connectivity index is 1.50.